The molecule has 0 radical (unpaired) electrons. The first-order valence-corrected chi connectivity index (χ1v) is 7.83. The first-order valence-electron chi connectivity index (χ1n) is 6.84. The van der Waals surface area contributed by atoms with Gasteiger partial charge in [0.1, 0.15) is 0 Å². The van der Waals surface area contributed by atoms with Crippen molar-refractivity contribution in [3.8, 4) is 0 Å². The molecule has 1 aromatic carbocycles. The van der Waals surface area contributed by atoms with E-state index in [-0.39, 0.29) is 0 Å². The molecule has 1 saturated carbocycles. The van der Waals surface area contributed by atoms with E-state index in [9.17, 15) is 4.79 Å². The van der Waals surface area contributed by atoms with Gasteiger partial charge in [-0.25, -0.2) is 0 Å². The van der Waals surface area contributed by atoms with E-state index in [1.807, 2.05) is 11.8 Å². The minimum atomic E-state index is 0.381. The molecule has 2 nitrogen and oxygen atoms in total. The molecular weight excluding hydrogens is 242 g/mol. The van der Waals surface area contributed by atoms with Gasteiger partial charge in [-0.1, -0.05) is 18.2 Å². The number of nitrogens with zero attached hydrogens (tertiary/aromatic N) is 1. The van der Waals surface area contributed by atoms with Crippen LogP contribution in [0, 0.1) is 17.8 Å². The van der Waals surface area contributed by atoms with Crippen molar-refractivity contribution in [1.29, 1.82) is 0 Å². The molecule has 1 amide bonds. The molecule has 18 heavy (non-hydrogen) atoms. The van der Waals surface area contributed by atoms with Gasteiger partial charge >= 0.3 is 0 Å². The molecular formula is C15H17NOS. The molecule has 3 fully saturated rings. The van der Waals surface area contributed by atoms with E-state index >= 15 is 0 Å². The second-order valence-electron chi connectivity index (χ2n) is 5.63. The maximum absolute atomic E-state index is 12.2. The average molecular weight is 259 g/mol. The zero-order valence-corrected chi connectivity index (χ0v) is 11.1. The van der Waals surface area contributed by atoms with Gasteiger partial charge in [-0.05, 0) is 36.8 Å². The van der Waals surface area contributed by atoms with Crippen molar-refractivity contribution in [3.05, 3.63) is 30.3 Å². The Bertz CT molecular complexity index is 475. The number of piperidine rings is 1. The fourth-order valence-electron chi connectivity index (χ4n) is 3.85. The van der Waals surface area contributed by atoms with Crippen molar-refractivity contribution < 1.29 is 4.79 Å². The molecule has 1 aliphatic carbocycles. The van der Waals surface area contributed by atoms with Gasteiger partial charge in [0, 0.05) is 29.2 Å². The number of benzene rings is 1. The Morgan fingerprint density at radius 1 is 1.28 bits per heavy atom. The molecule has 4 atom stereocenters. The number of hydrogen-bond donors (Lipinski definition) is 0. The number of rotatable bonds is 3. The summed E-state index contributed by atoms with van der Waals surface area (Å²) in [5.41, 5.74) is 0. The van der Waals surface area contributed by atoms with E-state index in [0.29, 0.717) is 29.7 Å². The highest BCUT2D eigenvalue weighted by atomic mass is 32.2. The molecule has 0 bridgehead atoms. The van der Waals surface area contributed by atoms with Crippen molar-refractivity contribution >= 4 is 17.7 Å². The Morgan fingerprint density at radius 2 is 2.11 bits per heavy atom. The van der Waals surface area contributed by atoms with E-state index in [0.717, 1.165) is 12.3 Å². The monoisotopic (exact) mass is 259 g/mol. The number of hydrogen-bond acceptors (Lipinski definition) is 2. The highest BCUT2D eigenvalue weighted by molar-refractivity contribution is 7.99. The van der Waals surface area contributed by atoms with Crippen LogP contribution in [0.25, 0.3) is 0 Å². The molecule has 0 N–H and O–H groups in total. The van der Waals surface area contributed by atoms with Crippen molar-refractivity contribution in [1.82, 2.24) is 4.90 Å². The summed E-state index contributed by atoms with van der Waals surface area (Å²) in [6.45, 7) is 1.02. The van der Waals surface area contributed by atoms with Gasteiger partial charge in [0.25, 0.3) is 0 Å². The Hall–Kier alpha value is -0.960. The summed E-state index contributed by atoms with van der Waals surface area (Å²) in [6, 6.07) is 11.1. The lowest BCUT2D eigenvalue weighted by molar-refractivity contribution is -0.130. The number of thioether (sulfide) groups is 1. The predicted octanol–water partition coefficient (Wildman–Crippen LogP) is 2.65. The van der Waals surface area contributed by atoms with Gasteiger partial charge in [-0.3, -0.25) is 4.79 Å². The fourth-order valence-corrected chi connectivity index (χ4v) is 5.02. The molecule has 2 saturated heterocycles. The number of amides is 1. The highest BCUT2D eigenvalue weighted by Crippen LogP contribution is 2.59. The SMILES string of the molecule is O=C1[C@H]2[C@H](CSc3ccccc3)[C@H]2[C@@H]2CCCN12. The lowest BCUT2D eigenvalue weighted by atomic mass is 10.1. The van der Waals surface area contributed by atoms with Crippen LogP contribution in [-0.4, -0.2) is 29.1 Å². The lowest BCUT2D eigenvalue weighted by Gasteiger charge is -2.20. The molecule has 4 rings (SSSR count). The highest BCUT2D eigenvalue weighted by Gasteiger charge is 2.66. The molecule has 2 heterocycles. The van der Waals surface area contributed by atoms with Crippen LogP contribution in [-0.2, 0) is 4.79 Å². The van der Waals surface area contributed by atoms with Crippen molar-refractivity contribution in [2.24, 2.45) is 17.8 Å². The van der Waals surface area contributed by atoms with E-state index in [1.54, 1.807) is 0 Å². The minimum absolute atomic E-state index is 0.381. The third-order valence-electron chi connectivity index (χ3n) is 4.73. The first kappa shape index (κ1) is 10.9. The van der Waals surface area contributed by atoms with E-state index < -0.39 is 0 Å². The largest absolute Gasteiger partial charge is 0.339 e. The summed E-state index contributed by atoms with van der Waals surface area (Å²) in [4.78, 5) is 15.7. The van der Waals surface area contributed by atoms with Gasteiger partial charge in [0.2, 0.25) is 5.91 Å². The van der Waals surface area contributed by atoms with Gasteiger partial charge < -0.3 is 4.90 Å². The summed E-state index contributed by atoms with van der Waals surface area (Å²) in [5, 5.41) is 0. The van der Waals surface area contributed by atoms with Crippen LogP contribution < -0.4 is 0 Å². The summed E-state index contributed by atoms with van der Waals surface area (Å²) < 4.78 is 0. The lowest BCUT2D eigenvalue weighted by Crippen LogP contribution is -2.33. The quantitative estimate of drug-likeness (QED) is 0.778. The summed E-state index contributed by atoms with van der Waals surface area (Å²) >= 11 is 1.91. The van der Waals surface area contributed by atoms with Gasteiger partial charge in [-0.2, -0.15) is 0 Å². The second kappa shape index (κ2) is 4.02. The number of fused-ring (bicyclic) bond motifs is 3. The molecule has 94 valence electrons. The third-order valence-corrected chi connectivity index (χ3v) is 5.88. The van der Waals surface area contributed by atoms with Crippen molar-refractivity contribution in [2.75, 3.05) is 12.3 Å². The van der Waals surface area contributed by atoms with Crippen LogP contribution in [0.3, 0.4) is 0 Å². The topological polar surface area (TPSA) is 20.3 Å². The van der Waals surface area contributed by atoms with E-state index in [4.69, 9.17) is 0 Å². The van der Waals surface area contributed by atoms with Gasteiger partial charge in [0.15, 0.2) is 0 Å². The molecule has 3 aliphatic rings. The van der Waals surface area contributed by atoms with E-state index in [1.165, 1.54) is 17.7 Å². The van der Waals surface area contributed by atoms with Crippen LogP contribution >= 0.6 is 11.8 Å². The molecule has 3 heteroatoms. The van der Waals surface area contributed by atoms with Crippen molar-refractivity contribution in [3.63, 3.8) is 0 Å². The number of carbonyl (C=O) groups is 1. The Kier molecular flexibility index (Phi) is 2.44. The summed E-state index contributed by atoms with van der Waals surface area (Å²) in [5.74, 6) is 3.31. The number of carbonyl (C=O) groups excluding carboxylic acids is 1. The summed E-state index contributed by atoms with van der Waals surface area (Å²) in [6.07, 6.45) is 2.47. The van der Waals surface area contributed by atoms with Crippen LogP contribution in [0.2, 0.25) is 0 Å². The van der Waals surface area contributed by atoms with Crippen LogP contribution in [0.4, 0.5) is 0 Å². The maximum atomic E-state index is 12.2. The minimum Gasteiger partial charge on any atom is -0.339 e. The smallest absolute Gasteiger partial charge is 0.226 e. The fraction of sp³-hybridized carbons (Fsp3) is 0.533. The van der Waals surface area contributed by atoms with Crippen molar-refractivity contribution in [2.45, 2.75) is 23.8 Å². The molecule has 0 unspecified atom stereocenters. The summed E-state index contributed by atoms with van der Waals surface area (Å²) in [7, 11) is 0. The average Bonchev–Trinajstić information content (AvgIpc) is 2.77. The van der Waals surface area contributed by atoms with Crippen LogP contribution in [0.5, 0.6) is 0 Å². The zero-order valence-electron chi connectivity index (χ0n) is 10.3. The van der Waals surface area contributed by atoms with Gasteiger partial charge in [0.05, 0.1) is 0 Å². The van der Waals surface area contributed by atoms with Crippen LogP contribution in [0.1, 0.15) is 12.8 Å². The Balaban J connectivity index is 1.40. The van der Waals surface area contributed by atoms with Crippen LogP contribution in [0.15, 0.2) is 35.2 Å². The molecule has 1 aromatic rings. The predicted molar refractivity (Wildman–Crippen MR) is 72.4 cm³/mol. The molecule has 2 aliphatic heterocycles. The first-order chi connectivity index (χ1) is 8.86. The van der Waals surface area contributed by atoms with Gasteiger partial charge in [-0.15, -0.1) is 11.8 Å². The second-order valence-corrected chi connectivity index (χ2v) is 6.73. The molecule has 0 aromatic heterocycles. The maximum Gasteiger partial charge on any atom is 0.226 e. The Morgan fingerprint density at radius 3 is 2.94 bits per heavy atom. The normalized spacial score (nSPS) is 36.7. The Labute approximate surface area is 112 Å². The third kappa shape index (κ3) is 1.53. The zero-order chi connectivity index (χ0) is 12.1. The standard InChI is InChI=1S/C15H17NOS/c17-15-14-11(9-18-10-5-2-1-3-6-10)13(14)12-7-4-8-16(12)15/h1-3,5-6,11-14H,4,7-9H2/t11-,12+,13+,14+/m1/s1. The molecule has 0 spiro atoms. The van der Waals surface area contributed by atoms with E-state index in [2.05, 4.69) is 35.2 Å².